The van der Waals surface area contributed by atoms with Gasteiger partial charge in [-0.1, -0.05) is 6.07 Å². The highest BCUT2D eigenvalue weighted by Gasteiger charge is 2.01. The molecule has 0 radical (unpaired) electrons. The summed E-state index contributed by atoms with van der Waals surface area (Å²) < 4.78 is 19.5. The smallest absolute Gasteiger partial charge is 0.164 e. The van der Waals surface area contributed by atoms with E-state index in [1.54, 1.807) is 13.0 Å². The number of halogens is 2. The van der Waals surface area contributed by atoms with Crippen molar-refractivity contribution in [1.29, 1.82) is 0 Å². The van der Waals surface area contributed by atoms with Crippen LogP contribution in [0.4, 0.5) is 10.1 Å². The first-order valence-electron chi connectivity index (χ1n) is 4.89. The lowest BCUT2D eigenvalue weighted by Gasteiger charge is -2.05. The van der Waals surface area contributed by atoms with Gasteiger partial charge in [0.1, 0.15) is 11.6 Å². The highest BCUT2D eigenvalue weighted by Crippen LogP contribution is 2.16. The Kier molecular flexibility index (Phi) is 3.48. The van der Waals surface area contributed by atoms with Crippen molar-refractivity contribution >= 4 is 28.3 Å². The summed E-state index contributed by atoms with van der Waals surface area (Å²) in [5.41, 5.74) is 1.41. The second kappa shape index (κ2) is 4.86. The van der Waals surface area contributed by atoms with Crippen LogP contribution in [0.3, 0.4) is 0 Å². The Morgan fingerprint density at radius 3 is 2.75 bits per heavy atom. The second-order valence-electron chi connectivity index (χ2n) is 3.52. The van der Waals surface area contributed by atoms with E-state index in [1.165, 1.54) is 6.07 Å². The molecule has 1 aromatic heterocycles. The molecule has 0 fully saturated rings. The predicted molar refractivity (Wildman–Crippen MR) is 69.9 cm³/mol. The minimum atomic E-state index is -0.195. The zero-order valence-corrected chi connectivity index (χ0v) is 10.9. The summed E-state index contributed by atoms with van der Waals surface area (Å²) in [5.74, 6) is 0.643. The third-order valence-corrected chi connectivity index (χ3v) is 2.85. The largest absolute Gasteiger partial charge is 0.454 e. The van der Waals surface area contributed by atoms with E-state index in [0.29, 0.717) is 12.1 Å². The third kappa shape index (κ3) is 2.75. The fourth-order valence-corrected chi connectivity index (χ4v) is 1.80. The standard InChI is InChI=1S/C12H11FINO/c1-8-2-3-9(6-11(8)13)15-7-10-4-5-12(14)16-10/h2-6,15H,7H2,1H3. The number of benzene rings is 1. The van der Waals surface area contributed by atoms with Gasteiger partial charge in [0, 0.05) is 5.69 Å². The number of rotatable bonds is 3. The van der Waals surface area contributed by atoms with Crippen molar-refractivity contribution in [2.75, 3.05) is 5.32 Å². The van der Waals surface area contributed by atoms with E-state index in [9.17, 15) is 4.39 Å². The molecule has 2 aromatic rings. The molecule has 2 rings (SSSR count). The Morgan fingerprint density at radius 2 is 2.12 bits per heavy atom. The van der Waals surface area contributed by atoms with Crippen molar-refractivity contribution in [2.24, 2.45) is 0 Å². The molecular formula is C12H11FINO. The number of aryl methyl sites for hydroxylation is 1. The molecule has 1 aromatic carbocycles. The Labute approximate surface area is 107 Å². The number of anilines is 1. The van der Waals surface area contributed by atoms with Gasteiger partial charge >= 0.3 is 0 Å². The first-order valence-corrected chi connectivity index (χ1v) is 5.97. The molecule has 0 saturated carbocycles. The topological polar surface area (TPSA) is 25.2 Å². The highest BCUT2D eigenvalue weighted by atomic mass is 127. The van der Waals surface area contributed by atoms with Gasteiger partial charge in [-0.3, -0.25) is 0 Å². The highest BCUT2D eigenvalue weighted by molar-refractivity contribution is 14.1. The van der Waals surface area contributed by atoms with E-state index in [2.05, 4.69) is 27.9 Å². The van der Waals surface area contributed by atoms with Crippen LogP contribution >= 0.6 is 22.6 Å². The van der Waals surface area contributed by atoms with Crippen molar-refractivity contribution in [2.45, 2.75) is 13.5 Å². The van der Waals surface area contributed by atoms with Gasteiger partial charge in [0.25, 0.3) is 0 Å². The maximum atomic E-state index is 13.2. The van der Waals surface area contributed by atoms with Gasteiger partial charge in [-0.2, -0.15) is 0 Å². The molecule has 84 valence electrons. The van der Waals surface area contributed by atoms with Gasteiger partial charge in [-0.15, -0.1) is 0 Å². The molecule has 0 unspecified atom stereocenters. The summed E-state index contributed by atoms with van der Waals surface area (Å²) >= 11 is 2.11. The van der Waals surface area contributed by atoms with Gasteiger partial charge in [-0.25, -0.2) is 4.39 Å². The molecule has 16 heavy (non-hydrogen) atoms. The summed E-state index contributed by atoms with van der Waals surface area (Å²) in [5, 5.41) is 3.11. The molecular weight excluding hydrogens is 320 g/mol. The summed E-state index contributed by atoms with van der Waals surface area (Å²) in [6.07, 6.45) is 0. The van der Waals surface area contributed by atoms with Crippen molar-refractivity contribution in [3.05, 3.63) is 51.2 Å². The SMILES string of the molecule is Cc1ccc(NCc2ccc(I)o2)cc1F. The van der Waals surface area contributed by atoms with Gasteiger partial charge < -0.3 is 9.73 Å². The average Bonchev–Trinajstić information content (AvgIpc) is 2.66. The molecule has 4 heteroatoms. The van der Waals surface area contributed by atoms with Crippen LogP contribution in [0.2, 0.25) is 0 Å². The molecule has 0 spiro atoms. The van der Waals surface area contributed by atoms with E-state index in [4.69, 9.17) is 4.42 Å². The molecule has 0 aliphatic rings. The number of hydrogen-bond donors (Lipinski definition) is 1. The zero-order valence-electron chi connectivity index (χ0n) is 8.76. The maximum absolute atomic E-state index is 13.2. The van der Waals surface area contributed by atoms with E-state index in [-0.39, 0.29) is 5.82 Å². The normalized spacial score (nSPS) is 10.4. The maximum Gasteiger partial charge on any atom is 0.164 e. The van der Waals surface area contributed by atoms with Crippen molar-refractivity contribution in [1.82, 2.24) is 0 Å². The van der Waals surface area contributed by atoms with E-state index >= 15 is 0 Å². The van der Waals surface area contributed by atoms with Crippen LogP contribution in [0.25, 0.3) is 0 Å². The van der Waals surface area contributed by atoms with Crippen molar-refractivity contribution < 1.29 is 8.81 Å². The fourth-order valence-electron chi connectivity index (χ4n) is 1.34. The van der Waals surface area contributed by atoms with Crippen LogP contribution in [-0.4, -0.2) is 0 Å². The van der Waals surface area contributed by atoms with Gasteiger partial charge in [0.15, 0.2) is 3.77 Å². The molecule has 1 heterocycles. The lowest BCUT2D eigenvalue weighted by molar-refractivity contribution is 0.492. The number of nitrogens with one attached hydrogen (secondary N) is 1. The summed E-state index contributed by atoms with van der Waals surface area (Å²) in [4.78, 5) is 0. The Bertz CT molecular complexity index is 496. The Balaban J connectivity index is 2.02. The lowest BCUT2D eigenvalue weighted by Crippen LogP contribution is -1.98. The fraction of sp³-hybridized carbons (Fsp3) is 0.167. The molecule has 0 atom stereocenters. The molecule has 2 nitrogen and oxygen atoms in total. The van der Waals surface area contributed by atoms with Gasteiger partial charge in [0.05, 0.1) is 6.54 Å². The minimum absolute atomic E-state index is 0.195. The average molecular weight is 331 g/mol. The summed E-state index contributed by atoms with van der Waals surface area (Å²) in [6.45, 7) is 2.31. The van der Waals surface area contributed by atoms with Crippen LogP contribution in [-0.2, 0) is 6.54 Å². The third-order valence-electron chi connectivity index (χ3n) is 2.27. The first-order chi connectivity index (χ1) is 7.65. The molecule has 0 saturated heterocycles. The monoisotopic (exact) mass is 331 g/mol. The van der Waals surface area contributed by atoms with Crippen LogP contribution < -0.4 is 5.32 Å². The first kappa shape index (κ1) is 11.4. The van der Waals surface area contributed by atoms with Gasteiger partial charge in [-0.05, 0) is 59.3 Å². The molecule has 1 N–H and O–H groups in total. The van der Waals surface area contributed by atoms with Crippen LogP contribution in [0.15, 0.2) is 34.7 Å². The molecule has 0 aliphatic heterocycles. The van der Waals surface area contributed by atoms with Crippen LogP contribution in [0, 0.1) is 16.5 Å². The van der Waals surface area contributed by atoms with E-state index in [1.807, 2.05) is 18.2 Å². The second-order valence-corrected chi connectivity index (χ2v) is 4.59. The van der Waals surface area contributed by atoms with Gasteiger partial charge in [0.2, 0.25) is 0 Å². The molecule has 0 bridgehead atoms. The van der Waals surface area contributed by atoms with Crippen molar-refractivity contribution in [3.63, 3.8) is 0 Å². The lowest BCUT2D eigenvalue weighted by atomic mass is 10.2. The Morgan fingerprint density at radius 1 is 1.31 bits per heavy atom. The van der Waals surface area contributed by atoms with E-state index < -0.39 is 0 Å². The summed E-state index contributed by atoms with van der Waals surface area (Å²) in [7, 11) is 0. The number of furan rings is 1. The van der Waals surface area contributed by atoms with Crippen molar-refractivity contribution in [3.8, 4) is 0 Å². The van der Waals surface area contributed by atoms with Crippen LogP contribution in [0.5, 0.6) is 0 Å². The zero-order chi connectivity index (χ0) is 11.5. The summed E-state index contributed by atoms with van der Waals surface area (Å²) in [6, 6.07) is 8.89. The quantitative estimate of drug-likeness (QED) is 0.862. The predicted octanol–water partition coefficient (Wildman–Crippen LogP) is 3.94. The molecule has 0 amide bonds. The Hall–Kier alpha value is -1.04. The van der Waals surface area contributed by atoms with E-state index in [0.717, 1.165) is 15.2 Å². The van der Waals surface area contributed by atoms with Crippen LogP contribution in [0.1, 0.15) is 11.3 Å². The molecule has 0 aliphatic carbocycles. The minimum Gasteiger partial charge on any atom is -0.454 e. The number of hydrogen-bond acceptors (Lipinski definition) is 2.